The Kier molecular flexibility index (Phi) is 8.18. The molecule has 3 N–H and O–H groups in total. The Morgan fingerprint density at radius 3 is 2.71 bits per heavy atom. The third-order valence-electron chi connectivity index (χ3n) is 4.87. The summed E-state index contributed by atoms with van der Waals surface area (Å²) in [5.41, 5.74) is 1.40. The second kappa shape index (κ2) is 10.2. The van der Waals surface area contributed by atoms with E-state index in [2.05, 4.69) is 51.7 Å². The number of aliphatic hydroxyl groups is 1. The molecule has 6 nitrogen and oxygen atoms in total. The maximum atomic E-state index is 10.6. The third kappa shape index (κ3) is 5.88. The molecule has 1 aliphatic heterocycles. The van der Waals surface area contributed by atoms with Gasteiger partial charge in [-0.1, -0.05) is 17.7 Å². The summed E-state index contributed by atoms with van der Waals surface area (Å²) in [6, 6.07) is 12.5. The molecule has 1 saturated heterocycles. The molecule has 0 radical (unpaired) electrons. The summed E-state index contributed by atoms with van der Waals surface area (Å²) >= 11 is 0. The fourth-order valence-electron chi connectivity index (χ4n) is 3.28. The molecule has 0 saturated carbocycles. The van der Waals surface area contributed by atoms with Crippen LogP contribution in [0.25, 0.3) is 0 Å². The van der Waals surface area contributed by atoms with E-state index < -0.39 is 5.60 Å². The molecule has 2 aromatic rings. The molecule has 2 unspecified atom stereocenters. The number of anilines is 1. The van der Waals surface area contributed by atoms with Crippen molar-refractivity contribution in [2.75, 3.05) is 31.1 Å². The minimum atomic E-state index is -1.13. The lowest BCUT2D eigenvalue weighted by Gasteiger charge is -2.22. The standard InChI is InChI=1S/C21H30N4O2.HI/c1-4-22-20(23-15-21(3,26)19-6-5-13-27-19)24-17-11-12-25(14-17)18-9-7-16(2)8-10-18;/h5-10,13,17,26H,4,11-12,14-15H2,1-3H3,(H2,22,23,24);1H. The molecule has 2 atom stereocenters. The highest BCUT2D eigenvalue weighted by molar-refractivity contribution is 14.0. The van der Waals surface area contributed by atoms with E-state index in [1.807, 2.05) is 6.92 Å². The van der Waals surface area contributed by atoms with Gasteiger partial charge in [-0.05, 0) is 51.5 Å². The van der Waals surface area contributed by atoms with Gasteiger partial charge in [-0.15, -0.1) is 24.0 Å². The minimum absolute atomic E-state index is 0. The summed E-state index contributed by atoms with van der Waals surface area (Å²) in [7, 11) is 0. The molecular weight excluding hydrogens is 467 g/mol. The average Bonchev–Trinajstić information content (AvgIpc) is 3.33. The third-order valence-corrected chi connectivity index (χ3v) is 4.87. The van der Waals surface area contributed by atoms with E-state index in [-0.39, 0.29) is 30.5 Å². The van der Waals surface area contributed by atoms with Crippen LogP contribution in [0.3, 0.4) is 0 Å². The van der Waals surface area contributed by atoms with E-state index in [1.54, 1.807) is 25.3 Å². The Bertz CT molecular complexity index is 744. The van der Waals surface area contributed by atoms with Crippen molar-refractivity contribution in [2.45, 2.75) is 38.8 Å². The van der Waals surface area contributed by atoms with Crippen LogP contribution in [0.15, 0.2) is 52.1 Å². The van der Waals surface area contributed by atoms with Gasteiger partial charge < -0.3 is 25.1 Å². The number of rotatable bonds is 6. The maximum absolute atomic E-state index is 10.6. The van der Waals surface area contributed by atoms with Crippen molar-refractivity contribution >= 4 is 35.6 Å². The van der Waals surface area contributed by atoms with Gasteiger partial charge in [0.2, 0.25) is 0 Å². The van der Waals surface area contributed by atoms with Crippen molar-refractivity contribution in [3.8, 4) is 0 Å². The molecule has 2 heterocycles. The number of aryl methyl sites for hydroxylation is 1. The van der Waals surface area contributed by atoms with Crippen LogP contribution in [0.5, 0.6) is 0 Å². The largest absolute Gasteiger partial charge is 0.466 e. The molecule has 1 aromatic carbocycles. The number of hydrogen-bond acceptors (Lipinski definition) is 4. The fraction of sp³-hybridized carbons (Fsp3) is 0.476. The highest BCUT2D eigenvalue weighted by atomic mass is 127. The van der Waals surface area contributed by atoms with Crippen molar-refractivity contribution in [1.82, 2.24) is 10.6 Å². The van der Waals surface area contributed by atoms with Gasteiger partial charge in [0.1, 0.15) is 11.4 Å². The van der Waals surface area contributed by atoms with Gasteiger partial charge in [-0.25, -0.2) is 4.99 Å². The lowest BCUT2D eigenvalue weighted by atomic mass is 10.0. The van der Waals surface area contributed by atoms with Crippen LogP contribution in [-0.4, -0.2) is 43.3 Å². The number of nitrogens with one attached hydrogen (secondary N) is 2. The zero-order valence-electron chi connectivity index (χ0n) is 16.8. The highest BCUT2D eigenvalue weighted by Gasteiger charge is 2.27. The summed E-state index contributed by atoms with van der Waals surface area (Å²) in [5, 5.41) is 17.4. The first-order chi connectivity index (χ1) is 13.0. The van der Waals surface area contributed by atoms with Gasteiger partial charge in [-0.2, -0.15) is 0 Å². The van der Waals surface area contributed by atoms with Gasteiger partial charge in [0.25, 0.3) is 0 Å². The number of halogens is 1. The number of nitrogens with zero attached hydrogens (tertiary/aromatic N) is 2. The lowest BCUT2D eigenvalue weighted by molar-refractivity contribution is 0.0437. The Labute approximate surface area is 184 Å². The van der Waals surface area contributed by atoms with Crippen molar-refractivity contribution in [3.05, 3.63) is 54.0 Å². The molecule has 0 amide bonds. The van der Waals surface area contributed by atoms with E-state index in [9.17, 15) is 5.11 Å². The van der Waals surface area contributed by atoms with Gasteiger partial charge in [0, 0.05) is 31.4 Å². The Morgan fingerprint density at radius 2 is 2.07 bits per heavy atom. The Balaban J connectivity index is 0.00000280. The topological polar surface area (TPSA) is 73.0 Å². The van der Waals surface area contributed by atoms with Crippen LogP contribution < -0.4 is 15.5 Å². The monoisotopic (exact) mass is 498 g/mol. The number of aliphatic imine (C=N–C) groups is 1. The highest BCUT2D eigenvalue weighted by Crippen LogP contribution is 2.22. The summed E-state index contributed by atoms with van der Waals surface area (Å²) in [4.78, 5) is 6.97. The van der Waals surface area contributed by atoms with Crippen molar-refractivity contribution in [2.24, 2.45) is 4.99 Å². The zero-order valence-corrected chi connectivity index (χ0v) is 19.1. The predicted molar refractivity (Wildman–Crippen MR) is 125 cm³/mol. The molecule has 28 heavy (non-hydrogen) atoms. The summed E-state index contributed by atoms with van der Waals surface area (Å²) in [5.74, 6) is 1.24. The molecule has 1 aliphatic rings. The van der Waals surface area contributed by atoms with E-state index in [4.69, 9.17) is 4.42 Å². The van der Waals surface area contributed by atoms with E-state index in [1.165, 1.54) is 11.3 Å². The molecule has 0 spiro atoms. The van der Waals surface area contributed by atoms with Crippen molar-refractivity contribution in [1.29, 1.82) is 0 Å². The first-order valence-electron chi connectivity index (χ1n) is 9.61. The summed E-state index contributed by atoms with van der Waals surface area (Å²) < 4.78 is 5.33. The number of guanidine groups is 1. The summed E-state index contributed by atoms with van der Waals surface area (Å²) in [6.07, 6.45) is 2.61. The Morgan fingerprint density at radius 1 is 1.32 bits per heavy atom. The SMILES string of the molecule is CCNC(=NCC(C)(O)c1ccco1)NC1CCN(c2ccc(C)cc2)C1.I. The van der Waals surface area contributed by atoms with Gasteiger partial charge >= 0.3 is 0 Å². The molecule has 0 aliphatic carbocycles. The first-order valence-corrected chi connectivity index (χ1v) is 9.61. The molecule has 7 heteroatoms. The van der Waals surface area contributed by atoms with Crippen LogP contribution in [0, 0.1) is 6.92 Å². The predicted octanol–water partition coefficient (Wildman–Crippen LogP) is 3.25. The van der Waals surface area contributed by atoms with Crippen molar-refractivity contribution in [3.63, 3.8) is 0 Å². The fourth-order valence-corrected chi connectivity index (χ4v) is 3.28. The van der Waals surface area contributed by atoms with Gasteiger partial charge in [-0.3, -0.25) is 0 Å². The van der Waals surface area contributed by atoms with E-state index in [0.29, 0.717) is 11.8 Å². The molecule has 1 aromatic heterocycles. The van der Waals surface area contributed by atoms with Crippen LogP contribution in [-0.2, 0) is 5.60 Å². The molecule has 1 fully saturated rings. The van der Waals surface area contributed by atoms with Crippen molar-refractivity contribution < 1.29 is 9.52 Å². The first kappa shape index (κ1) is 22.5. The second-order valence-corrected chi connectivity index (χ2v) is 7.36. The second-order valence-electron chi connectivity index (χ2n) is 7.36. The molecule has 0 bridgehead atoms. The minimum Gasteiger partial charge on any atom is -0.466 e. The summed E-state index contributed by atoms with van der Waals surface area (Å²) in [6.45, 7) is 8.80. The normalized spacial score (nSPS) is 19.1. The van der Waals surface area contributed by atoms with Crippen LogP contribution in [0.2, 0.25) is 0 Å². The quantitative estimate of drug-likeness (QED) is 0.324. The van der Waals surface area contributed by atoms with Crippen LogP contribution >= 0.6 is 24.0 Å². The molecular formula is C21H31IN4O2. The van der Waals surface area contributed by atoms with Crippen LogP contribution in [0.4, 0.5) is 5.69 Å². The average molecular weight is 498 g/mol. The van der Waals surface area contributed by atoms with Crippen LogP contribution in [0.1, 0.15) is 31.6 Å². The van der Waals surface area contributed by atoms with E-state index >= 15 is 0 Å². The number of furan rings is 1. The van der Waals surface area contributed by atoms with E-state index in [0.717, 1.165) is 32.0 Å². The Hall–Kier alpha value is -1.74. The van der Waals surface area contributed by atoms with Gasteiger partial charge in [0.15, 0.2) is 5.96 Å². The number of hydrogen-bond donors (Lipinski definition) is 3. The maximum Gasteiger partial charge on any atom is 0.191 e. The smallest absolute Gasteiger partial charge is 0.191 e. The zero-order chi connectivity index (χ0) is 19.3. The molecule has 154 valence electrons. The molecule has 3 rings (SSSR count). The number of benzene rings is 1. The van der Waals surface area contributed by atoms with Gasteiger partial charge in [0.05, 0.1) is 12.8 Å². The lowest BCUT2D eigenvalue weighted by Crippen LogP contribution is -2.45.